The van der Waals surface area contributed by atoms with Gasteiger partial charge in [-0.3, -0.25) is 4.68 Å². The van der Waals surface area contributed by atoms with E-state index in [0.29, 0.717) is 41.2 Å². The van der Waals surface area contributed by atoms with Gasteiger partial charge in [0.1, 0.15) is 17.1 Å². The molecule has 1 saturated carbocycles. The fourth-order valence-corrected chi connectivity index (χ4v) is 4.71. The van der Waals surface area contributed by atoms with Gasteiger partial charge in [0.05, 0.1) is 49.2 Å². The van der Waals surface area contributed by atoms with Crippen LogP contribution in [0.1, 0.15) is 51.1 Å². The Morgan fingerprint density at radius 1 is 1.03 bits per heavy atom. The zero-order chi connectivity index (χ0) is 24.4. The predicted molar refractivity (Wildman–Crippen MR) is 126 cm³/mol. The van der Waals surface area contributed by atoms with Crippen LogP contribution in [0.2, 0.25) is 0 Å². The maximum absolute atomic E-state index is 13.4. The Labute approximate surface area is 202 Å². The highest BCUT2D eigenvalue weighted by molar-refractivity contribution is 5.82. The highest BCUT2D eigenvalue weighted by Crippen LogP contribution is 2.40. The van der Waals surface area contributed by atoms with Gasteiger partial charge in [-0.1, -0.05) is 13.8 Å². The fraction of sp³-hybridized carbons (Fsp3) is 0.400. The van der Waals surface area contributed by atoms with Crippen molar-refractivity contribution in [2.45, 2.75) is 51.4 Å². The molecule has 1 saturated heterocycles. The first kappa shape index (κ1) is 23.1. The molecular formula is C25H26FN7O2. The summed E-state index contributed by atoms with van der Waals surface area (Å²) in [6, 6.07) is 5.27. The molecule has 9 nitrogen and oxygen atoms in total. The van der Waals surface area contributed by atoms with Crippen LogP contribution in [0.15, 0.2) is 43.1 Å². The van der Waals surface area contributed by atoms with Crippen LogP contribution in [-0.2, 0) is 9.47 Å². The Kier molecular flexibility index (Phi) is 6.28. The lowest BCUT2D eigenvalue weighted by Crippen LogP contribution is -2.35. The molecular weight excluding hydrogens is 449 g/mol. The third-order valence-electron chi connectivity index (χ3n) is 6.42. The van der Waals surface area contributed by atoms with Crippen LogP contribution in [0.5, 0.6) is 0 Å². The molecule has 10 heteroatoms. The summed E-state index contributed by atoms with van der Waals surface area (Å²) in [4.78, 5) is 8.54. The van der Waals surface area contributed by atoms with E-state index in [-0.39, 0.29) is 6.04 Å². The van der Waals surface area contributed by atoms with Gasteiger partial charge in [-0.05, 0) is 25.0 Å². The van der Waals surface area contributed by atoms with Gasteiger partial charge < -0.3 is 9.47 Å². The van der Waals surface area contributed by atoms with E-state index in [4.69, 9.17) is 14.5 Å². The summed E-state index contributed by atoms with van der Waals surface area (Å²) in [5.41, 5.74) is 3.53. The molecule has 0 N–H and O–H groups in total. The van der Waals surface area contributed by atoms with Gasteiger partial charge in [0.15, 0.2) is 5.79 Å². The van der Waals surface area contributed by atoms with E-state index in [1.165, 1.54) is 18.5 Å². The van der Waals surface area contributed by atoms with Crippen LogP contribution < -0.4 is 0 Å². The highest BCUT2D eigenvalue weighted by atomic mass is 19.1. The largest absolute Gasteiger partial charge is 0.348 e. The molecule has 1 aliphatic carbocycles. The summed E-state index contributed by atoms with van der Waals surface area (Å²) in [7, 11) is 0. The van der Waals surface area contributed by atoms with E-state index >= 15 is 0 Å². The SMILES string of the molecule is CC.N#Cc1cnn2cc(-c3cnn(C4CCC5(CC4)OCCO5)c3)nc(-c3ccc(F)nc3)c12. The molecule has 5 heterocycles. The summed E-state index contributed by atoms with van der Waals surface area (Å²) >= 11 is 0. The highest BCUT2D eigenvalue weighted by Gasteiger charge is 2.40. The molecule has 0 atom stereocenters. The third-order valence-corrected chi connectivity index (χ3v) is 6.42. The zero-order valence-electron chi connectivity index (χ0n) is 19.7. The Hall–Kier alpha value is -3.68. The van der Waals surface area contributed by atoms with Gasteiger partial charge in [-0.2, -0.15) is 19.8 Å². The van der Waals surface area contributed by atoms with E-state index in [1.54, 1.807) is 23.0 Å². The smallest absolute Gasteiger partial charge is 0.212 e. The standard InChI is InChI=1S/C23H20FN7O2.C2H6/c24-20-2-1-15(10-26-20)21-22-16(9-25)11-28-31(22)14-19(29-21)17-12-27-30(13-17)18-3-5-23(6-4-18)32-7-8-33-23;1-2/h1-2,10-14,18H,3-8H2;1-2H3. The minimum atomic E-state index is -0.580. The summed E-state index contributed by atoms with van der Waals surface area (Å²) in [6.45, 7) is 5.33. The average Bonchev–Trinajstić information content (AvgIpc) is 3.66. The van der Waals surface area contributed by atoms with Crippen molar-refractivity contribution in [2.75, 3.05) is 13.2 Å². The van der Waals surface area contributed by atoms with E-state index in [1.807, 2.05) is 24.7 Å². The van der Waals surface area contributed by atoms with Crippen molar-refractivity contribution in [2.24, 2.45) is 0 Å². The first-order valence-electron chi connectivity index (χ1n) is 11.9. The van der Waals surface area contributed by atoms with Crippen molar-refractivity contribution >= 4 is 5.52 Å². The van der Waals surface area contributed by atoms with Gasteiger partial charge in [-0.15, -0.1) is 0 Å². The summed E-state index contributed by atoms with van der Waals surface area (Å²) in [6.07, 6.45) is 12.0. The molecule has 0 aromatic carbocycles. The first-order chi connectivity index (χ1) is 17.1. The molecule has 2 aliphatic rings. The van der Waals surface area contributed by atoms with Crippen LogP contribution >= 0.6 is 0 Å². The van der Waals surface area contributed by atoms with Crippen LogP contribution in [0.25, 0.3) is 28.0 Å². The van der Waals surface area contributed by atoms with Crippen molar-refractivity contribution in [1.29, 1.82) is 5.26 Å². The maximum atomic E-state index is 13.4. The number of nitrogens with zero attached hydrogens (tertiary/aromatic N) is 7. The van der Waals surface area contributed by atoms with Gasteiger partial charge in [0.25, 0.3) is 0 Å². The van der Waals surface area contributed by atoms with E-state index in [0.717, 1.165) is 31.2 Å². The van der Waals surface area contributed by atoms with Crippen molar-refractivity contribution in [3.05, 3.63) is 54.6 Å². The molecule has 0 bridgehead atoms. The predicted octanol–water partition coefficient (Wildman–Crippen LogP) is 4.55. The Morgan fingerprint density at radius 2 is 1.80 bits per heavy atom. The molecule has 1 spiro atoms. The summed E-state index contributed by atoms with van der Waals surface area (Å²) in [5, 5.41) is 18.4. The molecule has 4 aromatic rings. The molecule has 2 fully saturated rings. The molecule has 0 unspecified atom stereocenters. The molecule has 0 radical (unpaired) electrons. The fourth-order valence-electron chi connectivity index (χ4n) is 4.71. The molecule has 1 aliphatic heterocycles. The van der Waals surface area contributed by atoms with E-state index in [9.17, 15) is 9.65 Å². The monoisotopic (exact) mass is 475 g/mol. The average molecular weight is 476 g/mol. The van der Waals surface area contributed by atoms with Crippen molar-refractivity contribution < 1.29 is 13.9 Å². The van der Waals surface area contributed by atoms with Crippen molar-refractivity contribution in [3.63, 3.8) is 0 Å². The van der Waals surface area contributed by atoms with Crippen LogP contribution in [-0.4, -0.2) is 48.4 Å². The number of pyridine rings is 1. The van der Waals surface area contributed by atoms with Crippen LogP contribution in [0, 0.1) is 17.3 Å². The van der Waals surface area contributed by atoms with Gasteiger partial charge >= 0.3 is 0 Å². The number of aromatic nitrogens is 6. The quantitative estimate of drug-likeness (QED) is 0.401. The number of halogens is 1. The lowest BCUT2D eigenvalue weighted by atomic mass is 9.90. The minimum Gasteiger partial charge on any atom is -0.348 e. The summed E-state index contributed by atoms with van der Waals surface area (Å²) < 4.78 is 28.7. The topological polar surface area (TPSA) is 103 Å². The molecule has 35 heavy (non-hydrogen) atoms. The van der Waals surface area contributed by atoms with Crippen LogP contribution in [0.4, 0.5) is 4.39 Å². The molecule has 0 amide bonds. The van der Waals surface area contributed by atoms with E-state index < -0.39 is 11.7 Å². The molecule has 4 aromatic heterocycles. The molecule has 6 rings (SSSR count). The van der Waals surface area contributed by atoms with Gasteiger partial charge in [0.2, 0.25) is 5.95 Å². The minimum absolute atomic E-state index is 0.261. The number of fused-ring (bicyclic) bond motifs is 1. The summed E-state index contributed by atoms with van der Waals surface area (Å²) in [5.74, 6) is -0.987. The second-order valence-corrected chi connectivity index (χ2v) is 8.36. The van der Waals surface area contributed by atoms with Crippen LogP contribution in [0.3, 0.4) is 0 Å². The van der Waals surface area contributed by atoms with E-state index in [2.05, 4.69) is 21.3 Å². The van der Waals surface area contributed by atoms with Gasteiger partial charge in [0, 0.05) is 36.4 Å². The van der Waals surface area contributed by atoms with Crippen molar-refractivity contribution in [3.8, 4) is 28.6 Å². The van der Waals surface area contributed by atoms with Gasteiger partial charge in [-0.25, -0.2) is 14.5 Å². The Balaban J connectivity index is 0.00000124. The first-order valence-corrected chi connectivity index (χ1v) is 11.9. The third kappa shape index (κ3) is 4.29. The molecule has 180 valence electrons. The number of rotatable bonds is 3. The number of nitriles is 1. The van der Waals surface area contributed by atoms with Crippen molar-refractivity contribution in [1.82, 2.24) is 29.4 Å². The second-order valence-electron chi connectivity index (χ2n) is 8.36. The Morgan fingerprint density at radius 3 is 2.49 bits per heavy atom. The number of hydrogen-bond acceptors (Lipinski definition) is 7. The lowest BCUT2D eigenvalue weighted by molar-refractivity contribution is -0.181. The zero-order valence-corrected chi connectivity index (χ0v) is 19.7. The maximum Gasteiger partial charge on any atom is 0.212 e. The number of hydrogen-bond donors (Lipinski definition) is 0. The lowest BCUT2D eigenvalue weighted by Gasteiger charge is -2.35. The normalized spacial score (nSPS) is 17.3. The second kappa shape index (κ2) is 9.52. The number of ether oxygens (including phenoxy) is 2. The Bertz CT molecular complexity index is 1360.